The molecule has 26 heavy (non-hydrogen) atoms. The number of amides is 1. The van der Waals surface area contributed by atoms with Crippen molar-refractivity contribution in [3.05, 3.63) is 46.4 Å². The van der Waals surface area contributed by atoms with Gasteiger partial charge in [-0.15, -0.1) is 11.3 Å². The van der Waals surface area contributed by atoms with Crippen molar-refractivity contribution in [2.75, 3.05) is 13.1 Å². The predicted molar refractivity (Wildman–Crippen MR) is 106 cm³/mol. The Kier molecular flexibility index (Phi) is 5.66. The topological polar surface area (TPSA) is 42.4 Å². The van der Waals surface area contributed by atoms with E-state index >= 15 is 0 Å². The van der Waals surface area contributed by atoms with Crippen molar-refractivity contribution in [2.45, 2.75) is 58.0 Å². The van der Waals surface area contributed by atoms with Gasteiger partial charge in [-0.2, -0.15) is 0 Å². The molecule has 1 aromatic carbocycles. The predicted octanol–water partition coefficient (Wildman–Crippen LogP) is 4.61. The highest BCUT2D eigenvalue weighted by atomic mass is 32.1. The second kappa shape index (κ2) is 7.78. The number of hydrogen-bond acceptors (Lipinski definition) is 4. The van der Waals surface area contributed by atoms with Crippen LogP contribution in [0.25, 0.3) is 0 Å². The van der Waals surface area contributed by atoms with Crippen molar-refractivity contribution in [2.24, 2.45) is 0 Å². The molecule has 2 aromatic rings. The Morgan fingerprint density at radius 3 is 2.65 bits per heavy atom. The molecule has 5 heteroatoms. The van der Waals surface area contributed by atoms with Crippen molar-refractivity contribution in [3.8, 4) is 5.75 Å². The van der Waals surface area contributed by atoms with E-state index in [1.54, 1.807) is 11.3 Å². The fourth-order valence-electron chi connectivity index (χ4n) is 3.36. The number of nitrogens with zero attached hydrogens (tertiary/aromatic N) is 2. The Balaban J connectivity index is 1.60. The second-order valence-electron chi connectivity index (χ2n) is 8.03. The first kappa shape index (κ1) is 18.9. The number of rotatable bonds is 4. The first-order chi connectivity index (χ1) is 12.3. The lowest BCUT2D eigenvalue weighted by Gasteiger charge is -2.33. The Hall–Kier alpha value is -1.88. The highest BCUT2D eigenvalue weighted by Crippen LogP contribution is 2.29. The van der Waals surface area contributed by atoms with Crippen molar-refractivity contribution in [3.63, 3.8) is 0 Å². The SMILES string of the molecule is CC(Oc1ccc(C(C)(C)C)cc1)C(=O)N1CCCC(c2nccs2)C1. The Bertz CT molecular complexity index is 719. The van der Waals surface area contributed by atoms with Crippen molar-refractivity contribution in [1.82, 2.24) is 9.88 Å². The third kappa shape index (κ3) is 4.44. The van der Waals surface area contributed by atoms with Crippen LogP contribution in [0.3, 0.4) is 0 Å². The lowest BCUT2D eigenvalue weighted by atomic mass is 9.87. The van der Waals surface area contributed by atoms with Gasteiger partial charge in [-0.1, -0.05) is 32.9 Å². The third-order valence-electron chi connectivity index (χ3n) is 4.91. The molecule has 1 aliphatic rings. The molecule has 3 rings (SSSR count). The van der Waals surface area contributed by atoms with Gasteiger partial charge >= 0.3 is 0 Å². The maximum absolute atomic E-state index is 12.8. The summed E-state index contributed by atoms with van der Waals surface area (Å²) in [4.78, 5) is 19.2. The molecule has 2 unspecified atom stereocenters. The van der Waals surface area contributed by atoms with Crippen LogP contribution in [0.2, 0.25) is 0 Å². The number of ether oxygens (including phenoxy) is 1. The van der Waals surface area contributed by atoms with E-state index in [9.17, 15) is 4.79 Å². The lowest BCUT2D eigenvalue weighted by Crippen LogP contribution is -2.45. The number of piperidine rings is 1. The molecule has 0 saturated carbocycles. The normalized spacial score (nSPS) is 19.2. The summed E-state index contributed by atoms with van der Waals surface area (Å²) in [7, 11) is 0. The van der Waals surface area contributed by atoms with Gasteiger partial charge in [-0.05, 0) is 42.9 Å². The molecule has 1 aliphatic heterocycles. The van der Waals surface area contributed by atoms with E-state index < -0.39 is 6.10 Å². The van der Waals surface area contributed by atoms with Crippen LogP contribution in [0, 0.1) is 0 Å². The fraction of sp³-hybridized carbons (Fsp3) is 0.524. The minimum absolute atomic E-state index is 0.0613. The summed E-state index contributed by atoms with van der Waals surface area (Å²) in [5.74, 6) is 1.16. The highest BCUT2D eigenvalue weighted by Gasteiger charge is 2.29. The Morgan fingerprint density at radius 1 is 1.31 bits per heavy atom. The molecule has 2 heterocycles. The van der Waals surface area contributed by atoms with E-state index in [1.807, 2.05) is 35.5 Å². The standard InChI is InChI=1S/C21H28N2O2S/c1-15(25-18-9-7-17(8-10-18)21(2,3)4)20(24)23-12-5-6-16(14-23)19-22-11-13-26-19/h7-11,13,15-16H,5-6,12,14H2,1-4H3. The molecule has 4 nitrogen and oxygen atoms in total. The molecule has 140 valence electrons. The minimum Gasteiger partial charge on any atom is -0.481 e. The molecule has 0 aliphatic carbocycles. The van der Waals surface area contributed by atoms with Gasteiger partial charge in [-0.3, -0.25) is 4.79 Å². The Labute approximate surface area is 160 Å². The number of likely N-dealkylation sites (tertiary alicyclic amines) is 1. The molecular formula is C21H28N2O2S. The smallest absolute Gasteiger partial charge is 0.263 e. The molecule has 0 radical (unpaired) electrons. The van der Waals surface area contributed by atoms with Crippen LogP contribution < -0.4 is 4.74 Å². The molecular weight excluding hydrogens is 344 g/mol. The first-order valence-corrected chi connectivity index (χ1v) is 10.2. The van der Waals surface area contributed by atoms with Gasteiger partial charge in [0.1, 0.15) is 5.75 Å². The Morgan fingerprint density at radius 2 is 2.04 bits per heavy atom. The van der Waals surface area contributed by atoms with Crippen LogP contribution in [-0.4, -0.2) is 35.0 Å². The summed E-state index contributed by atoms with van der Waals surface area (Å²) in [6, 6.07) is 8.07. The zero-order chi connectivity index (χ0) is 18.7. The monoisotopic (exact) mass is 372 g/mol. The van der Waals surface area contributed by atoms with E-state index in [2.05, 4.69) is 37.9 Å². The fourth-order valence-corrected chi connectivity index (χ4v) is 4.13. The number of carbonyl (C=O) groups excluding carboxylic acids is 1. The number of carbonyl (C=O) groups is 1. The average Bonchev–Trinajstić information content (AvgIpc) is 3.15. The largest absolute Gasteiger partial charge is 0.481 e. The van der Waals surface area contributed by atoms with Gasteiger partial charge in [-0.25, -0.2) is 4.98 Å². The van der Waals surface area contributed by atoms with E-state index in [-0.39, 0.29) is 11.3 Å². The number of aromatic nitrogens is 1. The molecule has 2 atom stereocenters. The maximum Gasteiger partial charge on any atom is 0.263 e. The molecule has 1 fully saturated rings. The molecule has 0 bridgehead atoms. The van der Waals surface area contributed by atoms with Crippen LogP contribution in [0.15, 0.2) is 35.8 Å². The van der Waals surface area contributed by atoms with E-state index in [1.165, 1.54) is 5.56 Å². The summed E-state index contributed by atoms with van der Waals surface area (Å²) < 4.78 is 5.92. The zero-order valence-electron chi connectivity index (χ0n) is 16.1. The van der Waals surface area contributed by atoms with Crippen LogP contribution in [0.5, 0.6) is 5.75 Å². The number of hydrogen-bond donors (Lipinski definition) is 0. The van der Waals surface area contributed by atoms with Crippen LogP contribution in [0.1, 0.15) is 57.0 Å². The van der Waals surface area contributed by atoms with Crippen molar-refractivity contribution < 1.29 is 9.53 Å². The van der Waals surface area contributed by atoms with Crippen LogP contribution in [-0.2, 0) is 10.2 Å². The van der Waals surface area contributed by atoms with Gasteiger partial charge in [0, 0.05) is 30.6 Å². The third-order valence-corrected chi connectivity index (χ3v) is 5.85. The summed E-state index contributed by atoms with van der Waals surface area (Å²) in [6.45, 7) is 9.94. The molecule has 1 amide bonds. The van der Waals surface area contributed by atoms with Gasteiger partial charge < -0.3 is 9.64 Å². The van der Waals surface area contributed by atoms with Crippen molar-refractivity contribution in [1.29, 1.82) is 0 Å². The minimum atomic E-state index is -0.481. The highest BCUT2D eigenvalue weighted by molar-refractivity contribution is 7.09. The summed E-state index contributed by atoms with van der Waals surface area (Å²) in [5.41, 5.74) is 1.37. The number of benzene rings is 1. The molecule has 0 spiro atoms. The lowest BCUT2D eigenvalue weighted by molar-refractivity contribution is -0.139. The van der Waals surface area contributed by atoms with Crippen LogP contribution >= 0.6 is 11.3 Å². The average molecular weight is 373 g/mol. The summed E-state index contributed by atoms with van der Waals surface area (Å²) in [6.07, 6.45) is 3.47. The van der Waals surface area contributed by atoms with Crippen molar-refractivity contribution >= 4 is 17.2 Å². The molecule has 0 N–H and O–H groups in total. The summed E-state index contributed by atoms with van der Waals surface area (Å²) >= 11 is 1.68. The van der Waals surface area contributed by atoms with Gasteiger partial charge in [0.25, 0.3) is 5.91 Å². The number of thiazole rings is 1. The van der Waals surface area contributed by atoms with Crippen LogP contribution in [0.4, 0.5) is 0 Å². The maximum atomic E-state index is 12.8. The van der Waals surface area contributed by atoms with E-state index in [4.69, 9.17) is 4.74 Å². The molecule has 1 saturated heterocycles. The second-order valence-corrected chi connectivity index (χ2v) is 8.95. The van der Waals surface area contributed by atoms with Gasteiger partial charge in [0.15, 0.2) is 6.10 Å². The zero-order valence-corrected chi connectivity index (χ0v) is 16.9. The molecule has 1 aromatic heterocycles. The first-order valence-electron chi connectivity index (χ1n) is 9.30. The van der Waals surface area contributed by atoms with E-state index in [0.717, 1.165) is 36.7 Å². The van der Waals surface area contributed by atoms with E-state index in [0.29, 0.717) is 5.92 Å². The van der Waals surface area contributed by atoms with Gasteiger partial charge in [0.05, 0.1) is 5.01 Å². The quantitative estimate of drug-likeness (QED) is 0.787. The summed E-state index contributed by atoms with van der Waals surface area (Å²) in [5, 5.41) is 3.14. The van der Waals surface area contributed by atoms with Gasteiger partial charge in [0.2, 0.25) is 0 Å².